The lowest BCUT2D eigenvalue weighted by molar-refractivity contribution is -0.683. The van der Waals surface area contributed by atoms with Crippen molar-refractivity contribution in [1.82, 2.24) is 21.3 Å². The minimum absolute atomic E-state index is 0. The van der Waals surface area contributed by atoms with Crippen LogP contribution in [0.4, 0.5) is 0 Å². The normalized spacial score (nSPS) is 9.28. The Bertz CT molecular complexity index is 714. The van der Waals surface area contributed by atoms with Crippen LogP contribution in [0.25, 0.3) is 0 Å². The van der Waals surface area contributed by atoms with Gasteiger partial charge < -0.3 is 0 Å². The van der Waals surface area contributed by atoms with Crippen LogP contribution in [0.1, 0.15) is 51.8 Å². The fraction of sp³-hybridized carbons (Fsp3) is 0.462. The van der Waals surface area contributed by atoms with Crippen molar-refractivity contribution in [3.05, 3.63) is 71.3 Å². The second kappa shape index (κ2) is 18.7. The lowest BCUT2D eigenvalue weighted by Crippen LogP contribution is -2.98. The Morgan fingerprint density at radius 3 is 1.44 bits per heavy atom. The Balaban J connectivity index is 0.000000589. The van der Waals surface area contributed by atoms with Crippen molar-refractivity contribution >= 4 is 11.9 Å². The predicted octanol–water partition coefficient (Wildman–Crippen LogP) is 0.477. The smallest absolute Gasteiger partial charge is 0.278 e. The molecule has 6 heteroatoms. The topological polar surface area (TPSA) is 76.1 Å². The summed E-state index contributed by atoms with van der Waals surface area (Å²) in [5.74, 6) is 1.91. The second-order valence-electron chi connectivity index (χ2n) is 7.05. The maximum absolute atomic E-state index is 3.25. The molecule has 2 aromatic rings. The third kappa shape index (κ3) is 13.3. The molecule has 0 fully saturated rings. The molecule has 0 unspecified atom stereocenters. The van der Waals surface area contributed by atoms with Crippen molar-refractivity contribution in [1.29, 1.82) is 0 Å². The summed E-state index contributed by atoms with van der Waals surface area (Å²) in [4.78, 5) is 6.50. The van der Waals surface area contributed by atoms with E-state index in [2.05, 4.69) is 120 Å². The molecular weight excluding hydrogens is 396 g/mol. The van der Waals surface area contributed by atoms with E-state index in [9.17, 15) is 0 Å². The van der Waals surface area contributed by atoms with Crippen LogP contribution >= 0.6 is 0 Å². The molecule has 0 aliphatic rings. The first-order chi connectivity index (χ1) is 15.1. The molecule has 0 aromatic heterocycles. The van der Waals surface area contributed by atoms with E-state index in [0.29, 0.717) is 6.67 Å². The Kier molecular flexibility index (Phi) is 17.0. The van der Waals surface area contributed by atoms with Crippen molar-refractivity contribution in [3.63, 3.8) is 0 Å². The maximum Gasteiger partial charge on any atom is 0.345 e. The van der Waals surface area contributed by atoms with E-state index in [4.69, 9.17) is 0 Å². The zero-order chi connectivity index (χ0) is 22.7. The first-order valence-electron chi connectivity index (χ1n) is 11.4. The largest absolute Gasteiger partial charge is 0.345 e. The van der Waals surface area contributed by atoms with E-state index < -0.39 is 0 Å². The summed E-state index contributed by atoms with van der Waals surface area (Å²) in [7, 11) is 0. The van der Waals surface area contributed by atoms with Crippen LogP contribution in [0.3, 0.4) is 0 Å². The average Bonchev–Trinajstić information content (AvgIpc) is 2.77. The summed E-state index contributed by atoms with van der Waals surface area (Å²) in [5.41, 5.74) is 4.07. The molecule has 0 aliphatic heterocycles. The number of hydrogen-bond acceptors (Lipinski definition) is 0. The van der Waals surface area contributed by atoms with Crippen LogP contribution in [0, 0.1) is 6.92 Å². The van der Waals surface area contributed by atoms with Crippen molar-refractivity contribution in [2.24, 2.45) is 0 Å². The highest BCUT2D eigenvalue weighted by Crippen LogP contribution is 2.09. The molecule has 6 nitrogen and oxygen atoms in total. The predicted molar refractivity (Wildman–Crippen MR) is 139 cm³/mol. The molecule has 0 bridgehead atoms. The Hall–Kier alpha value is -3.02. The Morgan fingerprint density at radius 1 is 0.625 bits per heavy atom. The minimum atomic E-state index is 0. The van der Waals surface area contributed by atoms with Crippen LogP contribution in [0.5, 0.6) is 0 Å². The SMILES string of the molecule is C.CCNC(NCC)=[NH+]C[NH+]=C(NCC)NCC.Cc1ccc(Cc2ccccc2)cc1. The molecular formula is C26H46N6+2. The monoisotopic (exact) mass is 442 g/mol. The molecule has 0 aliphatic carbocycles. The van der Waals surface area contributed by atoms with Gasteiger partial charge in [-0.2, -0.15) is 0 Å². The van der Waals surface area contributed by atoms with Crippen LogP contribution in [0.15, 0.2) is 54.6 Å². The number of rotatable bonds is 8. The van der Waals surface area contributed by atoms with Gasteiger partial charge in [0.15, 0.2) is 6.67 Å². The van der Waals surface area contributed by atoms with Gasteiger partial charge in [0.05, 0.1) is 26.2 Å². The maximum atomic E-state index is 3.25. The quantitative estimate of drug-likeness (QED) is 0.204. The lowest BCUT2D eigenvalue weighted by atomic mass is 10.0. The zero-order valence-corrected chi connectivity index (χ0v) is 19.9. The fourth-order valence-corrected chi connectivity index (χ4v) is 2.84. The lowest BCUT2D eigenvalue weighted by Gasteiger charge is -2.02. The van der Waals surface area contributed by atoms with Gasteiger partial charge in [-0.05, 0) is 52.2 Å². The summed E-state index contributed by atoms with van der Waals surface area (Å²) >= 11 is 0. The molecule has 32 heavy (non-hydrogen) atoms. The Labute approximate surface area is 196 Å². The van der Waals surface area contributed by atoms with Gasteiger partial charge >= 0.3 is 11.9 Å². The molecule has 0 saturated carbocycles. The number of guanidine groups is 2. The van der Waals surface area contributed by atoms with Gasteiger partial charge in [0, 0.05) is 0 Å². The molecule has 0 heterocycles. The number of hydrogen-bond donors (Lipinski definition) is 6. The molecule has 0 atom stereocenters. The van der Waals surface area contributed by atoms with E-state index in [0.717, 1.165) is 44.5 Å². The van der Waals surface area contributed by atoms with Crippen LogP contribution in [-0.4, -0.2) is 44.8 Å². The summed E-state index contributed by atoms with van der Waals surface area (Å²) in [5, 5.41) is 12.9. The van der Waals surface area contributed by atoms with Crippen LogP contribution < -0.4 is 31.3 Å². The average molecular weight is 443 g/mol. The summed E-state index contributed by atoms with van der Waals surface area (Å²) < 4.78 is 0. The van der Waals surface area contributed by atoms with Gasteiger partial charge in [-0.25, -0.2) is 9.98 Å². The fourth-order valence-electron chi connectivity index (χ4n) is 2.84. The van der Waals surface area contributed by atoms with Gasteiger partial charge in [-0.15, -0.1) is 0 Å². The van der Waals surface area contributed by atoms with E-state index in [1.165, 1.54) is 16.7 Å². The van der Waals surface area contributed by atoms with E-state index >= 15 is 0 Å². The summed E-state index contributed by atoms with van der Waals surface area (Å²) in [6, 6.07) is 19.3. The van der Waals surface area contributed by atoms with Gasteiger partial charge in [-0.3, -0.25) is 21.3 Å². The van der Waals surface area contributed by atoms with Crippen LogP contribution in [-0.2, 0) is 6.42 Å². The first kappa shape index (κ1) is 29.0. The molecule has 6 N–H and O–H groups in total. The second-order valence-corrected chi connectivity index (χ2v) is 7.05. The molecule has 2 aromatic carbocycles. The van der Waals surface area contributed by atoms with Crippen LogP contribution in [0.2, 0.25) is 0 Å². The van der Waals surface area contributed by atoms with E-state index in [1.807, 2.05) is 0 Å². The molecule has 0 radical (unpaired) electrons. The molecule has 0 amide bonds. The van der Waals surface area contributed by atoms with Crippen molar-refractivity contribution in [2.45, 2.75) is 48.5 Å². The minimum Gasteiger partial charge on any atom is -0.278 e. The van der Waals surface area contributed by atoms with Crippen molar-refractivity contribution in [3.8, 4) is 0 Å². The molecule has 2 rings (SSSR count). The number of nitrogens with one attached hydrogen (secondary N) is 6. The third-order valence-electron chi connectivity index (χ3n) is 4.32. The van der Waals surface area contributed by atoms with Gasteiger partial charge in [-0.1, -0.05) is 67.6 Å². The van der Waals surface area contributed by atoms with Crippen molar-refractivity contribution < 1.29 is 9.98 Å². The number of benzene rings is 2. The highest BCUT2D eigenvalue weighted by atomic mass is 15.2. The highest BCUT2D eigenvalue weighted by Gasteiger charge is 2.03. The molecule has 178 valence electrons. The standard InChI is InChI=1S/C14H14.C11H26N6.CH4/c1-12-7-9-14(10-8-12)11-13-5-3-2-4-6-13;1-5-12-10(13-6-2)16-9-17-11(14-7-3)15-8-4;/h2-10H,11H2,1H3;5-9H2,1-4H3,(H2,12,13,16)(H2,14,15,17);1H4/p+2. The van der Waals surface area contributed by atoms with Crippen molar-refractivity contribution in [2.75, 3.05) is 32.8 Å². The zero-order valence-electron chi connectivity index (χ0n) is 19.9. The highest BCUT2D eigenvalue weighted by molar-refractivity contribution is 5.74. The summed E-state index contributed by atoms with van der Waals surface area (Å²) in [6.45, 7) is 14.6. The molecule has 0 spiro atoms. The van der Waals surface area contributed by atoms with E-state index in [1.54, 1.807) is 0 Å². The van der Waals surface area contributed by atoms with Gasteiger partial charge in [0.1, 0.15) is 0 Å². The Morgan fingerprint density at radius 2 is 1.03 bits per heavy atom. The van der Waals surface area contributed by atoms with Gasteiger partial charge in [0.2, 0.25) is 0 Å². The summed E-state index contributed by atoms with van der Waals surface area (Å²) in [6.07, 6.45) is 1.03. The van der Waals surface area contributed by atoms with E-state index in [-0.39, 0.29) is 7.43 Å². The molecule has 0 saturated heterocycles. The number of aryl methyl sites for hydroxylation is 1. The van der Waals surface area contributed by atoms with Gasteiger partial charge in [0.25, 0.3) is 0 Å². The third-order valence-corrected chi connectivity index (χ3v) is 4.32. The first-order valence-corrected chi connectivity index (χ1v) is 11.4.